The maximum absolute atomic E-state index is 13.5. The summed E-state index contributed by atoms with van der Waals surface area (Å²) in [7, 11) is 0. The van der Waals surface area contributed by atoms with Crippen LogP contribution in [0.15, 0.2) is 71.8 Å². The number of benzene rings is 3. The molecule has 1 spiro atoms. The first kappa shape index (κ1) is 18.5. The van der Waals surface area contributed by atoms with Crippen LogP contribution >= 0.6 is 11.6 Å². The molecule has 154 valence electrons. The third-order valence-corrected chi connectivity index (χ3v) is 6.58. The molecule has 0 aromatic heterocycles. The minimum Gasteiger partial charge on any atom is -0.453 e. The van der Waals surface area contributed by atoms with Crippen molar-refractivity contribution in [2.24, 2.45) is 5.10 Å². The van der Waals surface area contributed by atoms with E-state index in [4.69, 9.17) is 21.4 Å². The van der Waals surface area contributed by atoms with Crippen LogP contribution in [0.3, 0.4) is 0 Å². The molecule has 1 N–H and O–H groups in total. The maximum atomic E-state index is 13.5. The van der Waals surface area contributed by atoms with E-state index in [1.807, 2.05) is 59.6 Å². The summed E-state index contributed by atoms with van der Waals surface area (Å²) in [4.78, 5) is 13.5. The molecule has 0 fully saturated rings. The van der Waals surface area contributed by atoms with E-state index in [1.54, 1.807) is 6.07 Å². The maximum Gasteiger partial charge on any atom is 0.306 e. The van der Waals surface area contributed by atoms with Crippen molar-refractivity contribution >= 4 is 28.9 Å². The quantitative estimate of drug-likeness (QED) is 0.605. The number of carbonyl (C=O) groups excluding carboxylic acids is 1. The first-order chi connectivity index (χ1) is 15.1. The van der Waals surface area contributed by atoms with E-state index in [0.29, 0.717) is 17.2 Å². The second kappa shape index (κ2) is 6.59. The summed E-state index contributed by atoms with van der Waals surface area (Å²) in [5.74, 6) is 0.444. The number of rotatable bonds is 2. The summed E-state index contributed by atoms with van der Waals surface area (Å²) < 4.78 is 6.52. The predicted octanol–water partition coefficient (Wildman–Crippen LogP) is 5.25. The Hall–Kier alpha value is -3.31. The van der Waals surface area contributed by atoms with Crippen molar-refractivity contribution < 1.29 is 9.53 Å². The first-order valence-electron chi connectivity index (χ1n) is 10.5. The number of amides is 1. The highest BCUT2D eigenvalue weighted by atomic mass is 35.5. The Labute approximate surface area is 185 Å². The highest BCUT2D eigenvalue weighted by Crippen LogP contribution is 2.54. The van der Waals surface area contributed by atoms with Gasteiger partial charge in [-0.05, 0) is 47.9 Å². The smallest absolute Gasteiger partial charge is 0.306 e. The second-order valence-electron chi connectivity index (χ2n) is 8.09. The van der Waals surface area contributed by atoms with Crippen molar-refractivity contribution in [3.05, 3.63) is 94.0 Å². The highest BCUT2D eigenvalue weighted by Gasteiger charge is 2.61. The Morgan fingerprint density at radius 2 is 2.00 bits per heavy atom. The SMILES string of the molecule is CCc1ccc2c(c1)[C@]1(Oc3ccc(Cl)cc3[C@H]3CC(c4ccccc4)=NN31)C(=O)N2. The Kier molecular flexibility index (Phi) is 3.93. The van der Waals surface area contributed by atoms with Gasteiger partial charge in [0.2, 0.25) is 0 Å². The molecular formula is C25H20ClN3O2. The Balaban J connectivity index is 1.59. The molecule has 3 heterocycles. The molecule has 0 saturated carbocycles. The van der Waals surface area contributed by atoms with Crippen LogP contribution in [0.1, 0.15) is 41.6 Å². The van der Waals surface area contributed by atoms with Gasteiger partial charge in [0.05, 0.1) is 23.0 Å². The van der Waals surface area contributed by atoms with Crippen LogP contribution in [-0.2, 0) is 16.9 Å². The van der Waals surface area contributed by atoms with E-state index in [-0.39, 0.29) is 11.9 Å². The minimum atomic E-state index is -1.34. The third kappa shape index (κ3) is 2.56. The first-order valence-corrected chi connectivity index (χ1v) is 10.8. The Morgan fingerprint density at radius 3 is 2.81 bits per heavy atom. The van der Waals surface area contributed by atoms with Gasteiger partial charge in [0, 0.05) is 17.0 Å². The third-order valence-electron chi connectivity index (χ3n) is 6.34. The van der Waals surface area contributed by atoms with Gasteiger partial charge < -0.3 is 10.1 Å². The average molecular weight is 430 g/mol. The number of fused-ring (bicyclic) bond motifs is 6. The van der Waals surface area contributed by atoms with Crippen molar-refractivity contribution in [1.29, 1.82) is 0 Å². The van der Waals surface area contributed by atoms with Crippen molar-refractivity contribution in [2.75, 3.05) is 5.32 Å². The number of carbonyl (C=O) groups is 1. The normalized spacial score (nSPS) is 23.0. The lowest BCUT2D eigenvalue weighted by Crippen LogP contribution is -2.55. The van der Waals surface area contributed by atoms with E-state index in [2.05, 4.69) is 18.3 Å². The van der Waals surface area contributed by atoms with Gasteiger partial charge in [-0.1, -0.05) is 54.9 Å². The number of anilines is 1. The van der Waals surface area contributed by atoms with Crippen molar-refractivity contribution in [3.63, 3.8) is 0 Å². The molecule has 3 aromatic carbocycles. The largest absolute Gasteiger partial charge is 0.453 e. The fourth-order valence-electron chi connectivity index (χ4n) is 4.79. The fraction of sp³-hybridized carbons (Fsp3) is 0.200. The fourth-order valence-corrected chi connectivity index (χ4v) is 4.97. The van der Waals surface area contributed by atoms with Gasteiger partial charge in [-0.25, -0.2) is 5.01 Å². The van der Waals surface area contributed by atoms with Crippen LogP contribution in [-0.4, -0.2) is 16.6 Å². The van der Waals surface area contributed by atoms with Gasteiger partial charge in [0.15, 0.2) is 0 Å². The molecule has 6 heteroatoms. The number of halogens is 1. The molecule has 5 nitrogen and oxygen atoms in total. The molecular weight excluding hydrogens is 410 g/mol. The molecule has 3 aromatic rings. The number of hydrazone groups is 1. The van der Waals surface area contributed by atoms with Crippen molar-refractivity contribution in [2.45, 2.75) is 31.5 Å². The lowest BCUT2D eigenvalue weighted by Gasteiger charge is -2.44. The molecule has 1 amide bonds. The lowest BCUT2D eigenvalue weighted by atomic mass is 9.91. The lowest BCUT2D eigenvalue weighted by molar-refractivity contribution is -0.161. The Bertz CT molecular complexity index is 1260. The highest BCUT2D eigenvalue weighted by molar-refractivity contribution is 6.30. The second-order valence-corrected chi connectivity index (χ2v) is 8.53. The molecule has 2 atom stereocenters. The topological polar surface area (TPSA) is 53.9 Å². The van der Waals surface area contributed by atoms with E-state index < -0.39 is 5.72 Å². The monoisotopic (exact) mass is 429 g/mol. The summed E-state index contributed by atoms with van der Waals surface area (Å²) in [6.45, 7) is 2.10. The van der Waals surface area contributed by atoms with Crippen molar-refractivity contribution in [1.82, 2.24) is 5.01 Å². The number of hydrogen-bond donors (Lipinski definition) is 1. The number of ether oxygens (including phenoxy) is 1. The van der Waals surface area contributed by atoms with Gasteiger partial charge in [0.1, 0.15) is 5.75 Å². The molecule has 0 saturated heterocycles. The van der Waals surface area contributed by atoms with Gasteiger partial charge in [-0.3, -0.25) is 4.79 Å². The van der Waals surface area contributed by atoms with Crippen LogP contribution in [0.4, 0.5) is 5.69 Å². The molecule has 3 aliphatic rings. The minimum absolute atomic E-state index is 0.153. The number of hydrogen-bond acceptors (Lipinski definition) is 4. The molecule has 0 radical (unpaired) electrons. The van der Waals surface area contributed by atoms with E-state index in [9.17, 15) is 4.79 Å². The van der Waals surface area contributed by atoms with Crippen molar-refractivity contribution in [3.8, 4) is 5.75 Å². The van der Waals surface area contributed by atoms with Crippen LogP contribution in [0.25, 0.3) is 0 Å². The standard InChI is InChI=1S/C25H20ClN3O2/c1-2-15-8-10-20-19(12-15)25(24(30)27-20)29-22(18-13-17(26)9-11-23(18)31-25)14-21(28-29)16-6-4-3-5-7-16/h3-13,22H,2,14H2,1H3,(H,27,30)/t22-,25+/m1/s1. The molecule has 0 unspecified atom stereocenters. The van der Waals surface area contributed by atoms with Crippen LogP contribution < -0.4 is 10.1 Å². The average Bonchev–Trinajstić information content (AvgIpc) is 3.36. The predicted molar refractivity (Wildman–Crippen MR) is 120 cm³/mol. The van der Waals surface area contributed by atoms with Gasteiger partial charge >= 0.3 is 5.72 Å². The van der Waals surface area contributed by atoms with Gasteiger partial charge in [0.25, 0.3) is 5.91 Å². The molecule has 6 rings (SSSR count). The Morgan fingerprint density at radius 1 is 1.16 bits per heavy atom. The summed E-state index contributed by atoms with van der Waals surface area (Å²) in [5, 5.41) is 10.5. The molecule has 0 aliphatic carbocycles. The van der Waals surface area contributed by atoms with Gasteiger partial charge in [-0.15, -0.1) is 0 Å². The zero-order chi connectivity index (χ0) is 21.2. The van der Waals surface area contributed by atoms with Crippen LogP contribution in [0.5, 0.6) is 5.75 Å². The summed E-state index contributed by atoms with van der Waals surface area (Å²) in [6.07, 6.45) is 1.53. The number of nitrogens with one attached hydrogen (secondary N) is 1. The molecule has 3 aliphatic heterocycles. The summed E-state index contributed by atoms with van der Waals surface area (Å²) in [5.41, 5.74) is 4.28. The number of nitrogens with zero attached hydrogens (tertiary/aromatic N) is 2. The van der Waals surface area contributed by atoms with E-state index in [1.165, 1.54) is 0 Å². The van der Waals surface area contributed by atoms with Gasteiger partial charge in [-0.2, -0.15) is 5.10 Å². The summed E-state index contributed by atoms with van der Waals surface area (Å²) >= 11 is 6.33. The van der Waals surface area contributed by atoms with E-state index in [0.717, 1.165) is 40.1 Å². The van der Waals surface area contributed by atoms with Crippen LogP contribution in [0, 0.1) is 0 Å². The zero-order valence-electron chi connectivity index (χ0n) is 16.9. The molecule has 31 heavy (non-hydrogen) atoms. The van der Waals surface area contributed by atoms with E-state index >= 15 is 0 Å². The zero-order valence-corrected chi connectivity index (χ0v) is 17.7. The number of aryl methyl sites for hydroxylation is 1. The van der Waals surface area contributed by atoms with Crippen LogP contribution in [0.2, 0.25) is 5.02 Å². The molecule has 0 bridgehead atoms. The summed E-state index contributed by atoms with van der Waals surface area (Å²) in [6, 6.07) is 21.5.